The van der Waals surface area contributed by atoms with Crippen molar-refractivity contribution in [1.29, 1.82) is 0 Å². The van der Waals surface area contributed by atoms with Crippen molar-refractivity contribution in [3.05, 3.63) is 39.4 Å². The highest BCUT2D eigenvalue weighted by molar-refractivity contribution is 9.10. The fraction of sp³-hybridized carbons (Fsp3) is 0. The molecule has 0 aliphatic heterocycles. The summed E-state index contributed by atoms with van der Waals surface area (Å²) in [6.07, 6.45) is 1.88. The average Bonchev–Trinajstić information content (AvgIpc) is 2.76. The van der Waals surface area contributed by atoms with Gasteiger partial charge >= 0.3 is 0 Å². The molecular formula is C10H5BrClN3S. The quantitative estimate of drug-likeness (QED) is 0.682. The van der Waals surface area contributed by atoms with Gasteiger partial charge in [-0.3, -0.25) is 0 Å². The van der Waals surface area contributed by atoms with Crippen LogP contribution in [-0.2, 0) is 0 Å². The van der Waals surface area contributed by atoms with E-state index in [2.05, 4.69) is 26.0 Å². The molecule has 2 aromatic heterocycles. The van der Waals surface area contributed by atoms with Gasteiger partial charge in [0, 0.05) is 10.0 Å². The summed E-state index contributed by atoms with van der Waals surface area (Å²) < 4.78 is 2.71. The van der Waals surface area contributed by atoms with E-state index < -0.39 is 0 Å². The summed E-state index contributed by atoms with van der Waals surface area (Å²) in [5.41, 5.74) is 3.52. The number of hydrogen-bond acceptors (Lipinski definition) is 3. The average molecular weight is 315 g/mol. The first-order valence-electron chi connectivity index (χ1n) is 4.48. The number of hydrogen-bond donors (Lipinski definition) is 0. The lowest BCUT2D eigenvalue weighted by Crippen LogP contribution is -1.80. The van der Waals surface area contributed by atoms with Crippen LogP contribution < -0.4 is 0 Å². The molecule has 0 unspecified atom stereocenters. The number of nitrogens with zero attached hydrogens (tertiary/aromatic N) is 3. The van der Waals surface area contributed by atoms with Gasteiger partial charge in [-0.1, -0.05) is 44.9 Å². The highest BCUT2D eigenvalue weighted by Crippen LogP contribution is 2.30. The maximum absolute atomic E-state index is 6.16. The van der Waals surface area contributed by atoms with Crippen LogP contribution in [0.15, 0.2) is 34.4 Å². The van der Waals surface area contributed by atoms with E-state index in [9.17, 15) is 0 Å². The van der Waals surface area contributed by atoms with E-state index in [0.29, 0.717) is 5.02 Å². The fourth-order valence-corrected chi connectivity index (χ4v) is 2.84. The molecule has 0 atom stereocenters. The summed E-state index contributed by atoms with van der Waals surface area (Å²) in [5.74, 6) is 0. The van der Waals surface area contributed by atoms with Crippen LogP contribution >= 0.6 is 38.9 Å². The molecule has 0 radical (unpaired) electrons. The Labute approximate surface area is 109 Å². The van der Waals surface area contributed by atoms with Gasteiger partial charge in [0.15, 0.2) is 0 Å². The van der Waals surface area contributed by atoms with Gasteiger partial charge in [-0.15, -0.1) is 0 Å². The van der Waals surface area contributed by atoms with Gasteiger partial charge in [-0.05, 0) is 12.1 Å². The first-order valence-corrected chi connectivity index (χ1v) is 6.53. The molecule has 0 spiro atoms. The molecule has 3 aromatic rings. The summed E-state index contributed by atoms with van der Waals surface area (Å²) in [6.45, 7) is 0. The van der Waals surface area contributed by atoms with E-state index in [0.717, 1.165) is 20.7 Å². The molecule has 0 saturated carbocycles. The predicted octanol–water partition coefficient (Wildman–Crippen LogP) is 3.87. The molecule has 0 aliphatic carbocycles. The molecular weight excluding hydrogens is 310 g/mol. The largest absolute Gasteiger partial charge is 0.217 e. The Morgan fingerprint density at radius 3 is 3.00 bits per heavy atom. The summed E-state index contributed by atoms with van der Waals surface area (Å²) in [7, 11) is 0. The van der Waals surface area contributed by atoms with E-state index in [1.807, 2.05) is 24.4 Å². The molecule has 0 saturated heterocycles. The normalized spacial score (nSPS) is 11.1. The van der Waals surface area contributed by atoms with E-state index in [1.165, 1.54) is 11.3 Å². The van der Waals surface area contributed by atoms with Crippen molar-refractivity contribution in [3.8, 4) is 11.3 Å². The van der Waals surface area contributed by atoms with Gasteiger partial charge in [-0.2, -0.15) is 5.10 Å². The first kappa shape index (κ1) is 10.3. The van der Waals surface area contributed by atoms with Crippen molar-refractivity contribution in [3.63, 3.8) is 0 Å². The van der Waals surface area contributed by atoms with Gasteiger partial charge in [-0.25, -0.2) is 9.50 Å². The number of fused-ring (bicyclic) bond motifs is 1. The number of imidazole rings is 1. The molecule has 3 nitrogen and oxygen atoms in total. The standard InChI is InChI=1S/C10H5BrClN3S/c11-6-1-2-7(8(12)3-6)9-4-15-10(14-9)16-5-13-15/h1-5H. The van der Waals surface area contributed by atoms with Crippen molar-refractivity contribution in [2.45, 2.75) is 0 Å². The second-order valence-corrected chi connectivity index (χ2v) is 5.35. The Balaban J connectivity index is 2.19. The Bertz CT molecular complexity index is 632. The van der Waals surface area contributed by atoms with E-state index in [1.54, 1.807) is 10.0 Å². The minimum absolute atomic E-state index is 0.681. The Morgan fingerprint density at radius 2 is 2.25 bits per heavy atom. The summed E-state index contributed by atoms with van der Waals surface area (Å²) >= 11 is 11.0. The van der Waals surface area contributed by atoms with Crippen LogP contribution in [0.4, 0.5) is 0 Å². The third-order valence-electron chi connectivity index (χ3n) is 2.19. The molecule has 1 aromatic carbocycles. The first-order chi connectivity index (χ1) is 7.74. The number of aromatic nitrogens is 3. The SMILES string of the molecule is Clc1cc(Br)ccc1-c1cn2ncsc2n1. The molecule has 0 N–H and O–H groups in total. The topological polar surface area (TPSA) is 30.2 Å². The third-order valence-corrected chi connectivity index (χ3v) is 3.69. The monoisotopic (exact) mass is 313 g/mol. The lowest BCUT2D eigenvalue weighted by atomic mass is 10.2. The molecule has 16 heavy (non-hydrogen) atoms. The van der Waals surface area contributed by atoms with Gasteiger partial charge in [0.1, 0.15) is 5.51 Å². The third kappa shape index (κ3) is 1.65. The zero-order valence-corrected chi connectivity index (χ0v) is 11.1. The van der Waals surface area contributed by atoms with Crippen molar-refractivity contribution >= 4 is 43.8 Å². The zero-order chi connectivity index (χ0) is 11.1. The van der Waals surface area contributed by atoms with E-state index >= 15 is 0 Å². The Morgan fingerprint density at radius 1 is 1.38 bits per heavy atom. The highest BCUT2D eigenvalue weighted by atomic mass is 79.9. The van der Waals surface area contributed by atoms with Crippen LogP contribution in [-0.4, -0.2) is 14.6 Å². The molecule has 0 bridgehead atoms. The van der Waals surface area contributed by atoms with Crippen LogP contribution in [0.1, 0.15) is 0 Å². The fourth-order valence-electron chi connectivity index (χ4n) is 1.47. The Kier molecular flexibility index (Phi) is 2.46. The molecule has 6 heteroatoms. The number of halogens is 2. The molecule has 0 aliphatic rings. The van der Waals surface area contributed by atoms with Gasteiger partial charge in [0.2, 0.25) is 4.96 Å². The summed E-state index contributed by atoms with van der Waals surface area (Å²) in [5, 5.41) is 4.81. The van der Waals surface area contributed by atoms with Crippen molar-refractivity contribution in [1.82, 2.24) is 14.6 Å². The molecule has 0 amide bonds. The lowest BCUT2D eigenvalue weighted by molar-refractivity contribution is 0.974. The van der Waals surface area contributed by atoms with Crippen LogP contribution in [0, 0.1) is 0 Å². The van der Waals surface area contributed by atoms with Gasteiger partial charge < -0.3 is 0 Å². The maximum atomic E-state index is 6.16. The molecule has 2 heterocycles. The minimum Gasteiger partial charge on any atom is -0.217 e. The van der Waals surface area contributed by atoms with Crippen molar-refractivity contribution < 1.29 is 0 Å². The second kappa shape index (κ2) is 3.84. The second-order valence-electron chi connectivity index (χ2n) is 3.22. The highest BCUT2D eigenvalue weighted by Gasteiger charge is 2.09. The lowest BCUT2D eigenvalue weighted by Gasteiger charge is -2.00. The van der Waals surface area contributed by atoms with Gasteiger partial charge in [0.25, 0.3) is 0 Å². The molecule has 0 fully saturated rings. The summed E-state index contributed by atoms with van der Waals surface area (Å²) in [6, 6.07) is 5.75. The Hall–Kier alpha value is -0.910. The zero-order valence-electron chi connectivity index (χ0n) is 7.89. The van der Waals surface area contributed by atoms with Gasteiger partial charge in [0.05, 0.1) is 16.9 Å². The smallest absolute Gasteiger partial charge is 0.212 e. The van der Waals surface area contributed by atoms with Crippen LogP contribution in [0.3, 0.4) is 0 Å². The van der Waals surface area contributed by atoms with Crippen LogP contribution in [0.25, 0.3) is 16.2 Å². The van der Waals surface area contributed by atoms with Crippen molar-refractivity contribution in [2.24, 2.45) is 0 Å². The maximum Gasteiger partial charge on any atom is 0.212 e. The summed E-state index contributed by atoms with van der Waals surface area (Å²) in [4.78, 5) is 5.32. The van der Waals surface area contributed by atoms with Crippen LogP contribution in [0.2, 0.25) is 5.02 Å². The van der Waals surface area contributed by atoms with Crippen LogP contribution in [0.5, 0.6) is 0 Å². The number of rotatable bonds is 1. The predicted molar refractivity (Wildman–Crippen MR) is 69.0 cm³/mol. The van der Waals surface area contributed by atoms with E-state index in [4.69, 9.17) is 11.6 Å². The number of benzene rings is 1. The van der Waals surface area contributed by atoms with Crippen molar-refractivity contribution in [2.75, 3.05) is 0 Å². The molecule has 80 valence electrons. The minimum atomic E-state index is 0.681. The van der Waals surface area contributed by atoms with E-state index in [-0.39, 0.29) is 0 Å². The molecule has 3 rings (SSSR count).